The van der Waals surface area contributed by atoms with Gasteiger partial charge >= 0.3 is 5.97 Å². The molecular formula is C20H27N3O5. The van der Waals surface area contributed by atoms with Gasteiger partial charge in [-0.2, -0.15) is 0 Å². The Bertz CT molecular complexity index is 731. The van der Waals surface area contributed by atoms with Gasteiger partial charge in [0, 0.05) is 25.2 Å². The van der Waals surface area contributed by atoms with Crippen LogP contribution in [0.1, 0.15) is 32.1 Å². The lowest BCUT2D eigenvalue weighted by molar-refractivity contribution is -0.141. The standard InChI is InChI=1S/C20H27N3O5/c1-27-20(26)8-7-18(24)21-15-5-6-17-16(13-15)23(19(25)14-28-17)12-11-22-9-3-2-4-10-22/h5-6,13H,2-4,7-12,14H2,1H3,(H,21,24). The van der Waals surface area contributed by atoms with Crippen LogP contribution in [0.2, 0.25) is 0 Å². The summed E-state index contributed by atoms with van der Waals surface area (Å²) < 4.78 is 10.1. The molecule has 1 N–H and O–H groups in total. The molecule has 1 fully saturated rings. The number of hydrogen-bond donors (Lipinski definition) is 1. The van der Waals surface area contributed by atoms with E-state index in [0.717, 1.165) is 19.6 Å². The third-order valence-electron chi connectivity index (χ3n) is 5.06. The van der Waals surface area contributed by atoms with Gasteiger partial charge in [-0.3, -0.25) is 14.4 Å². The zero-order chi connectivity index (χ0) is 19.9. The van der Waals surface area contributed by atoms with Crippen LogP contribution in [-0.4, -0.2) is 62.6 Å². The number of ether oxygens (including phenoxy) is 2. The largest absolute Gasteiger partial charge is 0.482 e. The highest BCUT2D eigenvalue weighted by atomic mass is 16.5. The van der Waals surface area contributed by atoms with Gasteiger partial charge in [-0.1, -0.05) is 6.42 Å². The van der Waals surface area contributed by atoms with E-state index in [2.05, 4.69) is 15.0 Å². The summed E-state index contributed by atoms with van der Waals surface area (Å²) in [4.78, 5) is 39.7. The van der Waals surface area contributed by atoms with Crippen LogP contribution in [0.25, 0.3) is 0 Å². The van der Waals surface area contributed by atoms with Crippen molar-refractivity contribution >= 4 is 29.2 Å². The van der Waals surface area contributed by atoms with Gasteiger partial charge in [0.05, 0.1) is 19.2 Å². The maximum atomic E-state index is 12.4. The second kappa shape index (κ2) is 9.54. The lowest BCUT2D eigenvalue weighted by Gasteiger charge is -2.33. The van der Waals surface area contributed by atoms with Gasteiger partial charge in [0.25, 0.3) is 5.91 Å². The van der Waals surface area contributed by atoms with Crippen LogP contribution in [0.15, 0.2) is 18.2 Å². The Balaban J connectivity index is 1.65. The average Bonchev–Trinajstić information content (AvgIpc) is 2.72. The van der Waals surface area contributed by atoms with E-state index < -0.39 is 5.97 Å². The number of amides is 2. The smallest absolute Gasteiger partial charge is 0.306 e. The molecule has 2 heterocycles. The highest BCUT2D eigenvalue weighted by Gasteiger charge is 2.26. The minimum Gasteiger partial charge on any atom is -0.482 e. The van der Waals surface area contributed by atoms with Gasteiger partial charge in [0.2, 0.25) is 5.91 Å². The lowest BCUT2D eigenvalue weighted by atomic mass is 10.1. The third kappa shape index (κ3) is 5.22. The number of carbonyl (C=O) groups excluding carboxylic acids is 3. The summed E-state index contributed by atoms with van der Waals surface area (Å²) in [6.45, 7) is 3.58. The highest BCUT2D eigenvalue weighted by Crippen LogP contribution is 2.34. The summed E-state index contributed by atoms with van der Waals surface area (Å²) in [5.41, 5.74) is 1.23. The SMILES string of the molecule is COC(=O)CCC(=O)Nc1ccc2c(c1)N(CCN1CCCCC1)C(=O)CO2. The molecule has 0 saturated carbocycles. The van der Waals surface area contributed by atoms with E-state index in [1.807, 2.05) is 0 Å². The molecule has 0 spiro atoms. The van der Waals surface area contributed by atoms with E-state index in [-0.39, 0.29) is 31.3 Å². The number of fused-ring (bicyclic) bond motifs is 1. The maximum absolute atomic E-state index is 12.4. The predicted octanol–water partition coefficient (Wildman–Crippen LogP) is 1.79. The minimum atomic E-state index is -0.427. The van der Waals surface area contributed by atoms with Gasteiger partial charge in [0.1, 0.15) is 5.75 Å². The van der Waals surface area contributed by atoms with Crippen LogP contribution in [0.4, 0.5) is 11.4 Å². The van der Waals surface area contributed by atoms with E-state index in [9.17, 15) is 14.4 Å². The molecule has 2 amide bonds. The Morgan fingerprint density at radius 1 is 1.14 bits per heavy atom. The Hall–Kier alpha value is -2.61. The number of esters is 1. The van der Waals surface area contributed by atoms with Crippen molar-refractivity contribution in [2.75, 3.05) is 50.1 Å². The third-order valence-corrected chi connectivity index (χ3v) is 5.06. The van der Waals surface area contributed by atoms with Crippen molar-refractivity contribution < 1.29 is 23.9 Å². The van der Waals surface area contributed by atoms with Gasteiger partial charge < -0.3 is 24.6 Å². The Labute approximate surface area is 164 Å². The fourth-order valence-electron chi connectivity index (χ4n) is 3.49. The van der Waals surface area contributed by atoms with Crippen LogP contribution in [0.5, 0.6) is 5.75 Å². The first-order chi connectivity index (χ1) is 13.6. The number of anilines is 2. The van der Waals surface area contributed by atoms with E-state index in [1.165, 1.54) is 26.4 Å². The Morgan fingerprint density at radius 2 is 1.93 bits per heavy atom. The number of methoxy groups -OCH3 is 1. The average molecular weight is 389 g/mol. The van der Waals surface area contributed by atoms with Gasteiger partial charge in [0.15, 0.2) is 6.61 Å². The van der Waals surface area contributed by atoms with Crippen molar-refractivity contribution in [2.24, 2.45) is 0 Å². The Kier molecular flexibility index (Phi) is 6.86. The number of piperidine rings is 1. The van der Waals surface area contributed by atoms with Crippen molar-refractivity contribution in [3.8, 4) is 5.75 Å². The molecule has 0 radical (unpaired) electrons. The van der Waals surface area contributed by atoms with Crippen LogP contribution in [0.3, 0.4) is 0 Å². The van der Waals surface area contributed by atoms with Crippen LogP contribution < -0.4 is 15.0 Å². The topological polar surface area (TPSA) is 88.2 Å². The second-order valence-corrected chi connectivity index (χ2v) is 7.04. The molecule has 8 heteroatoms. The van der Waals surface area contributed by atoms with E-state index in [1.54, 1.807) is 23.1 Å². The molecule has 1 saturated heterocycles. The molecule has 8 nitrogen and oxygen atoms in total. The molecule has 2 aliphatic heterocycles. The lowest BCUT2D eigenvalue weighted by Crippen LogP contribution is -2.44. The van der Waals surface area contributed by atoms with Crippen molar-refractivity contribution in [2.45, 2.75) is 32.1 Å². The number of rotatable bonds is 7. The summed E-state index contributed by atoms with van der Waals surface area (Å²) in [5, 5.41) is 2.76. The second-order valence-electron chi connectivity index (χ2n) is 7.04. The zero-order valence-electron chi connectivity index (χ0n) is 16.2. The number of hydrogen-bond acceptors (Lipinski definition) is 6. The summed E-state index contributed by atoms with van der Waals surface area (Å²) in [7, 11) is 1.29. The molecule has 1 aromatic carbocycles. The molecule has 28 heavy (non-hydrogen) atoms. The van der Waals surface area contributed by atoms with Crippen molar-refractivity contribution in [3.63, 3.8) is 0 Å². The molecule has 0 aliphatic carbocycles. The van der Waals surface area contributed by atoms with E-state index in [0.29, 0.717) is 23.7 Å². The first kappa shape index (κ1) is 20.1. The minimum absolute atomic E-state index is 0.0246. The molecule has 152 valence electrons. The van der Waals surface area contributed by atoms with E-state index >= 15 is 0 Å². The maximum Gasteiger partial charge on any atom is 0.306 e. The number of carbonyl (C=O) groups is 3. The number of likely N-dealkylation sites (tertiary alicyclic amines) is 1. The van der Waals surface area contributed by atoms with Gasteiger partial charge in [-0.05, 0) is 44.1 Å². The first-order valence-electron chi connectivity index (χ1n) is 9.73. The summed E-state index contributed by atoms with van der Waals surface area (Å²) in [6.07, 6.45) is 3.74. The normalized spacial score (nSPS) is 16.9. The molecule has 1 aromatic rings. The summed E-state index contributed by atoms with van der Waals surface area (Å²) in [6, 6.07) is 5.23. The van der Waals surface area contributed by atoms with Crippen molar-refractivity contribution in [3.05, 3.63) is 18.2 Å². The van der Waals surface area contributed by atoms with Crippen LogP contribution >= 0.6 is 0 Å². The molecule has 0 unspecified atom stereocenters. The van der Waals surface area contributed by atoms with Gasteiger partial charge in [-0.15, -0.1) is 0 Å². The van der Waals surface area contributed by atoms with Crippen LogP contribution in [0, 0.1) is 0 Å². The summed E-state index contributed by atoms with van der Waals surface area (Å²) >= 11 is 0. The monoisotopic (exact) mass is 389 g/mol. The quantitative estimate of drug-likeness (QED) is 0.716. The fraction of sp³-hybridized carbons (Fsp3) is 0.550. The van der Waals surface area contributed by atoms with Crippen molar-refractivity contribution in [1.82, 2.24) is 4.90 Å². The molecule has 3 rings (SSSR count). The predicted molar refractivity (Wildman–Crippen MR) is 104 cm³/mol. The molecule has 0 bridgehead atoms. The molecule has 0 atom stereocenters. The molecule has 2 aliphatic rings. The van der Waals surface area contributed by atoms with Gasteiger partial charge in [-0.25, -0.2) is 0 Å². The summed E-state index contributed by atoms with van der Waals surface area (Å²) in [5.74, 6) is -0.166. The molecular weight excluding hydrogens is 362 g/mol. The fourth-order valence-corrected chi connectivity index (χ4v) is 3.49. The van der Waals surface area contributed by atoms with E-state index in [4.69, 9.17) is 4.74 Å². The van der Waals surface area contributed by atoms with Crippen molar-refractivity contribution in [1.29, 1.82) is 0 Å². The highest BCUT2D eigenvalue weighted by molar-refractivity contribution is 5.99. The Morgan fingerprint density at radius 3 is 2.68 bits per heavy atom. The first-order valence-corrected chi connectivity index (χ1v) is 9.73. The van der Waals surface area contributed by atoms with Crippen LogP contribution in [-0.2, 0) is 19.1 Å². The molecule has 0 aromatic heterocycles. The number of nitrogens with zero attached hydrogens (tertiary/aromatic N) is 2. The zero-order valence-corrected chi connectivity index (χ0v) is 16.2. The number of nitrogens with one attached hydrogen (secondary N) is 1. The number of benzene rings is 1.